The number of amides is 2. The molecular formula is C17H20N6O2. The van der Waals surface area contributed by atoms with Gasteiger partial charge in [-0.05, 0) is 37.1 Å². The fraction of sp³-hybridized carbons (Fsp3) is 0.294. The van der Waals surface area contributed by atoms with E-state index < -0.39 is 5.91 Å². The van der Waals surface area contributed by atoms with Crippen molar-refractivity contribution in [1.82, 2.24) is 9.97 Å². The van der Waals surface area contributed by atoms with E-state index in [2.05, 4.69) is 20.6 Å². The summed E-state index contributed by atoms with van der Waals surface area (Å²) in [7, 11) is 1.71. The number of nitrogens with two attached hydrogens (primary N) is 1. The fourth-order valence-corrected chi connectivity index (χ4v) is 2.23. The van der Waals surface area contributed by atoms with E-state index in [1.165, 1.54) is 13.1 Å². The predicted octanol–water partition coefficient (Wildman–Crippen LogP) is 1.88. The van der Waals surface area contributed by atoms with Crippen LogP contribution in [0.25, 0.3) is 0 Å². The summed E-state index contributed by atoms with van der Waals surface area (Å²) in [5, 5.41) is 6.27. The van der Waals surface area contributed by atoms with Gasteiger partial charge >= 0.3 is 0 Å². The molecule has 130 valence electrons. The lowest BCUT2D eigenvalue weighted by Crippen LogP contribution is -2.22. The minimum absolute atomic E-state index is 0.0399. The largest absolute Gasteiger partial charge is 0.367 e. The zero-order chi connectivity index (χ0) is 18.0. The van der Waals surface area contributed by atoms with Crippen LogP contribution in [0.5, 0.6) is 0 Å². The molecule has 2 aromatic rings. The van der Waals surface area contributed by atoms with Crippen LogP contribution in [0.4, 0.5) is 23.1 Å². The fourth-order valence-electron chi connectivity index (χ4n) is 2.23. The molecule has 0 bridgehead atoms. The smallest absolute Gasteiger partial charge is 0.254 e. The standard InChI is InChI=1S/C17H20N6O2/c1-10(24)23(2)13-7-5-12(6-8-13)21-17-19-9-14(15(18)25)16(22-17)20-11-3-4-11/h5-9,11H,3-4H2,1-2H3,(H2,18,25)(H2,19,20,21,22). The van der Waals surface area contributed by atoms with Crippen LogP contribution in [0.3, 0.4) is 0 Å². The van der Waals surface area contributed by atoms with Crippen molar-refractivity contribution in [2.24, 2.45) is 5.73 Å². The first kappa shape index (κ1) is 16.7. The zero-order valence-corrected chi connectivity index (χ0v) is 14.1. The quantitative estimate of drug-likeness (QED) is 0.740. The number of hydrogen-bond acceptors (Lipinski definition) is 6. The summed E-state index contributed by atoms with van der Waals surface area (Å²) < 4.78 is 0. The first-order valence-corrected chi connectivity index (χ1v) is 7.99. The second kappa shape index (κ2) is 6.76. The molecule has 0 spiro atoms. The van der Waals surface area contributed by atoms with Gasteiger partial charge in [0.2, 0.25) is 11.9 Å². The molecule has 1 heterocycles. The number of hydrogen-bond donors (Lipinski definition) is 3. The summed E-state index contributed by atoms with van der Waals surface area (Å²) in [5.41, 5.74) is 7.20. The molecule has 1 aliphatic carbocycles. The topological polar surface area (TPSA) is 113 Å². The average molecular weight is 340 g/mol. The van der Waals surface area contributed by atoms with E-state index in [4.69, 9.17) is 5.73 Å². The Morgan fingerprint density at radius 3 is 2.48 bits per heavy atom. The lowest BCUT2D eigenvalue weighted by molar-refractivity contribution is -0.116. The van der Waals surface area contributed by atoms with Gasteiger partial charge in [-0.2, -0.15) is 4.98 Å². The van der Waals surface area contributed by atoms with Gasteiger partial charge in [0.05, 0.1) is 5.56 Å². The molecule has 0 unspecified atom stereocenters. The van der Waals surface area contributed by atoms with Crippen molar-refractivity contribution in [2.75, 3.05) is 22.6 Å². The number of carbonyl (C=O) groups is 2. The maximum atomic E-state index is 11.5. The van der Waals surface area contributed by atoms with E-state index in [-0.39, 0.29) is 11.5 Å². The van der Waals surface area contributed by atoms with Gasteiger partial charge in [-0.15, -0.1) is 0 Å². The molecule has 1 aromatic carbocycles. The van der Waals surface area contributed by atoms with Crippen LogP contribution in [-0.4, -0.2) is 34.9 Å². The van der Waals surface area contributed by atoms with E-state index in [1.807, 2.05) is 24.3 Å². The molecule has 0 aliphatic heterocycles. The van der Waals surface area contributed by atoms with E-state index in [1.54, 1.807) is 11.9 Å². The molecule has 1 fully saturated rings. The summed E-state index contributed by atoms with van der Waals surface area (Å²) in [5.74, 6) is 0.203. The Kier molecular flexibility index (Phi) is 4.51. The number of nitrogens with one attached hydrogen (secondary N) is 2. The molecule has 0 atom stereocenters. The Balaban J connectivity index is 1.78. The van der Waals surface area contributed by atoms with Gasteiger partial charge in [0.15, 0.2) is 0 Å². The van der Waals surface area contributed by atoms with Crippen molar-refractivity contribution < 1.29 is 9.59 Å². The Morgan fingerprint density at radius 2 is 1.92 bits per heavy atom. The average Bonchev–Trinajstić information content (AvgIpc) is 3.39. The van der Waals surface area contributed by atoms with Crippen molar-refractivity contribution in [1.29, 1.82) is 0 Å². The number of aromatic nitrogens is 2. The third-order valence-corrected chi connectivity index (χ3v) is 3.96. The zero-order valence-electron chi connectivity index (χ0n) is 14.1. The molecule has 4 N–H and O–H groups in total. The molecule has 2 amide bonds. The predicted molar refractivity (Wildman–Crippen MR) is 96.0 cm³/mol. The molecular weight excluding hydrogens is 320 g/mol. The van der Waals surface area contributed by atoms with Gasteiger partial charge in [-0.25, -0.2) is 4.98 Å². The lowest BCUT2D eigenvalue weighted by Gasteiger charge is -2.15. The summed E-state index contributed by atoms with van der Waals surface area (Å²) in [4.78, 5) is 32.9. The highest BCUT2D eigenvalue weighted by Gasteiger charge is 2.24. The van der Waals surface area contributed by atoms with Crippen molar-refractivity contribution in [3.8, 4) is 0 Å². The van der Waals surface area contributed by atoms with Crippen molar-refractivity contribution in [2.45, 2.75) is 25.8 Å². The minimum Gasteiger partial charge on any atom is -0.367 e. The molecule has 8 heteroatoms. The molecule has 1 aromatic heterocycles. The maximum absolute atomic E-state index is 11.5. The van der Waals surface area contributed by atoms with Gasteiger partial charge in [-0.1, -0.05) is 0 Å². The Bertz CT molecular complexity index is 801. The normalized spacial score (nSPS) is 13.2. The summed E-state index contributed by atoms with van der Waals surface area (Å²) in [6.07, 6.45) is 3.52. The molecule has 0 radical (unpaired) electrons. The molecule has 25 heavy (non-hydrogen) atoms. The molecule has 8 nitrogen and oxygen atoms in total. The Labute approximate surface area is 145 Å². The highest BCUT2D eigenvalue weighted by Crippen LogP contribution is 2.26. The number of nitrogens with zero attached hydrogens (tertiary/aromatic N) is 3. The van der Waals surface area contributed by atoms with Crippen molar-refractivity contribution >= 4 is 35.0 Å². The van der Waals surface area contributed by atoms with Crippen LogP contribution in [0.1, 0.15) is 30.1 Å². The van der Waals surface area contributed by atoms with Crippen LogP contribution in [0.2, 0.25) is 0 Å². The summed E-state index contributed by atoms with van der Waals surface area (Å²) in [6.45, 7) is 1.51. The van der Waals surface area contributed by atoms with Gasteiger partial charge < -0.3 is 21.3 Å². The van der Waals surface area contributed by atoms with Crippen LogP contribution in [-0.2, 0) is 4.79 Å². The van der Waals surface area contributed by atoms with E-state index in [0.717, 1.165) is 24.2 Å². The SMILES string of the molecule is CC(=O)N(C)c1ccc(Nc2ncc(C(N)=O)c(NC3CC3)n2)cc1. The summed E-state index contributed by atoms with van der Waals surface area (Å²) in [6, 6.07) is 7.64. The van der Waals surface area contributed by atoms with E-state index in [0.29, 0.717) is 17.8 Å². The first-order valence-electron chi connectivity index (χ1n) is 7.99. The van der Waals surface area contributed by atoms with Gasteiger partial charge in [0.25, 0.3) is 5.91 Å². The van der Waals surface area contributed by atoms with Crippen LogP contribution in [0.15, 0.2) is 30.5 Å². The van der Waals surface area contributed by atoms with Crippen LogP contribution in [0, 0.1) is 0 Å². The molecule has 1 saturated carbocycles. The van der Waals surface area contributed by atoms with Crippen molar-refractivity contribution in [3.63, 3.8) is 0 Å². The summed E-state index contributed by atoms with van der Waals surface area (Å²) >= 11 is 0. The second-order valence-corrected chi connectivity index (χ2v) is 5.99. The highest BCUT2D eigenvalue weighted by molar-refractivity contribution is 5.97. The number of anilines is 4. The van der Waals surface area contributed by atoms with Crippen molar-refractivity contribution in [3.05, 3.63) is 36.0 Å². The van der Waals surface area contributed by atoms with Crippen LogP contribution >= 0.6 is 0 Å². The Hall–Kier alpha value is -3.16. The highest BCUT2D eigenvalue weighted by atomic mass is 16.2. The monoisotopic (exact) mass is 340 g/mol. The third-order valence-electron chi connectivity index (χ3n) is 3.96. The minimum atomic E-state index is -0.564. The lowest BCUT2D eigenvalue weighted by atomic mass is 10.2. The molecule has 0 saturated heterocycles. The van der Waals surface area contributed by atoms with Gasteiger partial charge in [0, 0.05) is 37.6 Å². The number of benzene rings is 1. The Morgan fingerprint density at radius 1 is 1.24 bits per heavy atom. The van der Waals surface area contributed by atoms with Gasteiger partial charge in [0.1, 0.15) is 5.82 Å². The number of rotatable bonds is 6. The second-order valence-electron chi connectivity index (χ2n) is 5.99. The van der Waals surface area contributed by atoms with E-state index >= 15 is 0 Å². The maximum Gasteiger partial charge on any atom is 0.254 e. The molecule has 3 rings (SSSR count). The number of primary amides is 1. The van der Waals surface area contributed by atoms with Crippen LogP contribution < -0.4 is 21.3 Å². The van der Waals surface area contributed by atoms with Gasteiger partial charge in [-0.3, -0.25) is 9.59 Å². The third kappa shape index (κ3) is 4.03. The molecule has 1 aliphatic rings. The van der Waals surface area contributed by atoms with E-state index in [9.17, 15) is 9.59 Å². The first-order chi connectivity index (χ1) is 11.9. The number of carbonyl (C=O) groups excluding carboxylic acids is 2.